The van der Waals surface area contributed by atoms with Crippen molar-refractivity contribution in [3.05, 3.63) is 70.5 Å². The summed E-state index contributed by atoms with van der Waals surface area (Å²) in [6.45, 7) is 6.65. The van der Waals surface area contributed by atoms with Crippen LogP contribution in [0.4, 0.5) is 11.6 Å². The number of ether oxygens (including phenoxy) is 2. The van der Waals surface area contributed by atoms with E-state index in [4.69, 9.17) is 32.5 Å². The molecule has 62 heavy (non-hydrogen) atoms. The Balaban J connectivity index is 0.986. The second-order valence-electron chi connectivity index (χ2n) is 16.4. The second-order valence-corrected chi connectivity index (χ2v) is 16.7. The van der Waals surface area contributed by atoms with E-state index in [2.05, 4.69) is 25.9 Å². The molecule has 0 saturated carbocycles. The number of carbonyl (C=O) groups excluding carboxylic acids is 5. The van der Waals surface area contributed by atoms with Gasteiger partial charge in [-0.15, -0.1) is 0 Å². The number of aromatic nitrogens is 2. The number of nitrogens with one attached hydrogen (secondary N) is 3. The fraction of sp³-hybridized carbons (Fsp3) is 0.523. The molecule has 17 nitrogen and oxygen atoms in total. The molecule has 1 atom stereocenters. The van der Waals surface area contributed by atoms with Crippen molar-refractivity contribution in [2.75, 3.05) is 90.1 Å². The molecule has 2 aromatic carbocycles. The second kappa shape index (κ2) is 22.4. The van der Waals surface area contributed by atoms with Crippen LogP contribution >= 0.6 is 11.6 Å². The highest BCUT2D eigenvalue weighted by molar-refractivity contribution is 6.31. The maximum Gasteiger partial charge on any atom is 0.274 e. The van der Waals surface area contributed by atoms with Gasteiger partial charge in [0.25, 0.3) is 17.7 Å². The van der Waals surface area contributed by atoms with E-state index in [9.17, 15) is 24.0 Å². The molecule has 7 N–H and O–H groups in total. The Kier molecular flexibility index (Phi) is 16.6. The summed E-state index contributed by atoms with van der Waals surface area (Å²) in [6.07, 6.45) is 8.18. The number of halogens is 1. The Morgan fingerprint density at radius 3 is 1.74 bits per heavy atom. The first-order chi connectivity index (χ1) is 29.9. The van der Waals surface area contributed by atoms with E-state index in [1.807, 2.05) is 48.5 Å². The summed E-state index contributed by atoms with van der Waals surface area (Å²) in [6, 6.07) is 15.5. The zero-order valence-corrected chi connectivity index (χ0v) is 36.1. The largest absolute Gasteiger partial charge is 0.484 e. The van der Waals surface area contributed by atoms with Gasteiger partial charge < -0.3 is 51.2 Å². The maximum absolute atomic E-state index is 13.4. The summed E-state index contributed by atoms with van der Waals surface area (Å²) in [7, 11) is 0. The van der Waals surface area contributed by atoms with E-state index < -0.39 is 5.91 Å². The van der Waals surface area contributed by atoms with Gasteiger partial charge in [0, 0.05) is 65.0 Å². The number of aryl methyl sites for hydroxylation is 2. The molecule has 18 heteroatoms. The first kappa shape index (κ1) is 45.8. The van der Waals surface area contributed by atoms with E-state index in [1.165, 1.54) is 0 Å². The van der Waals surface area contributed by atoms with Gasteiger partial charge in [-0.25, -0.2) is 9.97 Å². The Hall–Kier alpha value is -5.68. The van der Waals surface area contributed by atoms with Gasteiger partial charge in [0.15, 0.2) is 35.7 Å². The summed E-state index contributed by atoms with van der Waals surface area (Å²) < 4.78 is 12.3. The predicted octanol–water partition coefficient (Wildman–Crippen LogP) is 2.50. The topological polar surface area (TPSA) is 224 Å². The summed E-state index contributed by atoms with van der Waals surface area (Å²) in [4.78, 5) is 73.2. The molecule has 3 aromatic rings. The fourth-order valence-corrected chi connectivity index (χ4v) is 8.63. The SMILES string of the molecule is Nc1nc(N)c(C(=O)NC2CCC[N+](CCCc3ccc(OCC(=O)NCCN4CCCC4=O)cc3)(CCCc3ccc(OCC(=O)NCCN4CCCC4=O)cc3)C2)nc1Cl. The number of anilines is 2. The number of nitrogens with two attached hydrogens (primary N) is 2. The standard InChI is InChI=1S/C44H59ClN10O7/c45-41-43(47)52-42(46)40(51-41)44(60)50-33-8-5-27-55(28-33,25-3-6-31-11-15-34(16-12-31)61-29-36(56)48-19-23-53-21-1-9-38(53)58)26-4-7-32-13-17-35(18-14-32)62-30-37(57)49-20-24-54-22-2-10-39(54)59/h11-18,33H,1-10,19-30H2,(H6-,46,47,48,49,50,52,56,57,60)/p+1. The van der Waals surface area contributed by atoms with Crippen molar-refractivity contribution in [1.82, 2.24) is 35.7 Å². The van der Waals surface area contributed by atoms with E-state index >= 15 is 0 Å². The molecular weight excluding hydrogens is 816 g/mol. The van der Waals surface area contributed by atoms with Crippen LogP contribution in [0.3, 0.4) is 0 Å². The van der Waals surface area contributed by atoms with Gasteiger partial charge in [-0.1, -0.05) is 35.9 Å². The molecule has 1 unspecified atom stereocenters. The van der Waals surface area contributed by atoms with Crippen LogP contribution in [0.2, 0.25) is 5.15 Å². The van der Waals surface area contributed by atoms with E-state index in [0.29, 0.717) is 50.5 Å². The van der Waals surface area contributed by atoms with Gasteiger partial charge in [-0.2, -0.15) is 0 Å². The van der Waals surface area contributed by atoms with E-state index in [1.54, 1.807) is 9.80 Å². The van der Waals surface area contributed by atoms with Crippen molar-refractivity contribution >= 4 is 52.8 Å². The third-order valence-electron chi connectivity index (χ3n) is 11.8. The minimum Gasteiger partial charge on any atom is -0.484 e. The van der Waals surface area contributed by atoms with Crippen molar-refractivity contribution in [3.63, 3.8) is 0 Å². The minimum absolute atomic E-state index is 0.0311. The molecule has 0 spiro atoms. The highest BCUT2D eigenvalue weighted by Crippen LogP contribution is 2.25. The van der Waals surface area contributed by atoms with E-state index in [-0.39, 0.29) is 65.4 Å². The van der Waals surface area contributed by atoms with E-state index in [0.717, 1.165) is 106 Å². The molecule has 334 valence electrons. The highest BCUT2D eigenvalue weighted by Gasteiger charge is 2.36. The Morgan fingerprint density at radius 1 is 0.742 bits per heavy atom. The number of rotatable bonds is 22. The van der Waals surface area contributed by atoms with Crippen molar-refractivity contribution < 1.29 is 37.9 Å². The van der Waals surface area contributed by atoms with Crippen LogP contribution in [0, 0.1) is 0 Å². The molecule has 3 aliphatic rings. The first-order valence-corrected chi connectivity index (χ1v) is 22.1. The lowest BCUT2D eigenvalue weighted by molar-refractivity contribution is -0.933. The molecule has 4 heterocycles. The van der Waals surface area contributed by atoms with Crippen LogP contribution < -0.4 is 36.9 Å². The quantitative estimate of drug-likeness (QED) is 0.0923. The molecule has 0 bridgehead atoms. The van der Waals surface area contributed by atoms with Crippen LogP contribution in [0.5, 0.6) is 11.5 Å². The lowest BCUT2D eigenvalue weighted by Crippen LogP contribution is -2.60. The minimum atomic E-state index is -0.432. The summed E-state index contributed by atoms with van der Waals surface area (Å²) in [5.74, 6) is 0.494. The summed E-state index contributed by atoms with van der Waals surface area (Å²) in [5.41, 5.74) is 14.0. The molecule has 3 fully saturated rings. The number of piperidine rings is 1. The molecule has 0 aliphatic carbocycles. The van der Waals surface area contributed by atoms with Gasteiger partial charge in [0.05, 0.1) is 32.2 Å². The molecule has 6 rings (SSSR count). The third kappa shape index (κ3) is 13.7. The molecule has 0 radical (unpaired) electrons. The third-order valence-corrected chi connectivity index (χ3v) is 12.1. The number of hydrogen-bond donors (Lipinski definition) is 5. The Bertz CT molecular complexity index is 1920. The smallest absolute Gasteiger partial charge is 0.274 e. The predicted molar refractivity (Wildman–Crippen MR) is 234 cm³/mol. The Labute approximate surface area is 367 Å². The average Bonchev–Trinajstić information content (AvgIpc) is 3.87. The Morgan fingerprint density at radius 2 is 1.26 bits per heavy atom. The molecular formula is C44H60ClN10O7+. The fourth-order valence-electron chi connectivity index (χ4n) is 8.50. The number of nitrogen functional groups attached to an aromatic ring is 2. The monoisotopic (exact) mass is 875 g/mol. The van der Waals surface area contributed by atoms with Crippen LogP contribution in [0.15, 0.2) is 48.5 Å². The van der Waals surface area contributed by atoms with Crippen LogP contribution in [0.25, 0.3) is 0 Å². The number of likely N-dealkylation sites (tertiary alicyclic amines) is 3. The normalized spacial score (nSPS) is 17.2. The summed E-state index contributed by atoms with van der Waals surface area (Å²) in [5, 5.41) is 8.71. The zero-order chi connectivity index (χ0) is 43.9. The number of nitrogens with zero attached hydrogens (tertiary/aromatic N) is 5. The average molecular weight is 876 g/mol. The van der Waals surface area contributed by atoms with Crippen LogP contribution in [-0.2, 0) is 32.0 Å². The van der Waals surface area contributed by atoms with Gasteiger partial charge in [0.2, 0.25) is 11.8 Å². The number of quaternary nitrogens is 1. The van der Waals surface area contributed by atoms with Gasteiger partial charge >= 0.3 is 0 Å². The van der Waals surface area contributed by atoms with Gasteiger partial charge in [0.1, 0.15) is 11.5 Å². The number of hydrogen-bond acceptors (Lipinski definition) is 11. The lowest BCUT2D eigenvalue weighted by atomic mass is 9.99. The molecule has 3 saturated heterocycles. The lowest BCUT2D eigenvalue weighted by Gasteiger charge is -2.45. The molecule has 1 aromatic heterocycles. The summed E-state index contributed by atoms with van der Waals surface area (Å²) >= 11 is 6.08. The number of carbonyl (C=O) groups is 5. The number of benzene rings is 2. The molecule has 5 amide bonds. The maximum atomic E-state index is 13.4. The van der Waals surface area contributed by atoms with Crippen molar-refractivity contribution in [2.24, 2.45) is 0 Å². The zero-order valence-electron chi connectivity index (χ0n) is 35.4. The van der Waals surface area contributed by atoms with Crippen LogP contribution in [-0.4, -0.2) is 138 Å². The number of amides is 5. The van der Waals surface area contributed by atoms with Crippen molar-refractivity contribution in [1.29, 1.82) is 0 Å². The van der Waals surface area contributed by atoms with Crippen LogP contribution in [0.1, 0.15) is 73.0 Å². The van der Waals surface area contributed by atoms with Gasteiger partial charge in [-0.05, 0) is 73.9 Å². The van der Waals surface area contributed by atoms with Crippen molar-refractivity contribution in [2.45, 2.75) is 70.3 Å². The first-order valence-electron chi connectivity index (χ1n) is 21.7. The highest BCUT2D eigenvalue weighted by atomic mass is 35.5. The molecule has 3 aliphatic heterocycles. The van der Waals surface area contributed by atoms with Crippen molar-refractivity contribution in [3.8, 4) is 11.5 Å². The van der Waals surface area contributed by atoms with Gasteiger partial charge in [-0.3, -0.25) is 24.0 Å².